The number of carbonyl (C=O) groups excluding carboxylic acids is 1. The van der Waals surface area contributed by atoms with Crippen molar-refractivity contribution in [3.05, 3.63) is 29.8 Å². The van der Waals surface area contributed by atoms with E-state index < -0.39 is 9.84 Å². The van der Waals surface area contributed by atoms with E-state index in [4.69, 9.17) is 5.73 Å². The molecule has 1 rings (SSSR count). The van der Waals surface area contributed by atoms with E-state index in [0.29, 0.717) is 19.6 Å². The Hall–Kier alpha value is -1.44. The monoisotopic (exact) mass is 313 g/mol. The van der Waals surface area contributed by atoms with Crippen LogP contribution in [-0.2, 0) is 21.2 Å². The van der Waals surface area contributed by atoms with Gasteiger partial charge in [0.25, 0.3) is 0 Å². The highest BCUT2D eigenvalue weighted by Crippen LogP contribution is 2.13. The Morgan fingerprint density at radius 3 is 2.67 bits per heavy atom. The van der Waals surface area contributed by atoms with Crippen LogP contribution in [0.15, 0.2) is 29.2 Å². The maximum atomic E-state index is 12.3. The predicted molar refractivity (Wildman–Crippen MR) is 82.6 cm³/mol. The van der Waals surface area contributed by atoms with Crippen LogP contribution in [0, 0.1) is 0 Å². The van der Waals surface area contributed by atoms with Crippen LogP contribution in [0.2, 0.25) is 0 Å². The number of amides is 1. The third kappa shape index (κ3) is 5.45. The zero-order valence-corrected chi connectivity index (χ0v) is 13.3. The standard InChI is InChI=1S/C14H23N3O3S/c1-3-17(11-14(18)16-2)7-8-21(19,20)13-6-4-5-12(9-13)10-15/h4-6,9H,3,7-8,10-11,15H2,1-2H3,(H,16,18). The van der Waals surface area contributed by atoms with E-state index in [0.717, 1.165) is 5.56 Å². The first kappa shape index (κ1) is 17.6. The quantitative estimate of drug-likeness (QED) is 0.704. The van der Waals surface area contributed by atoms with E-state index in [1.165, 1.54) is 0 Å². The average molecular weight is 313 g/mol. The predicted octanol–water partition coefficient (Wildman–Crippen LogP) is -0.0131. The maximum absolute atomic E-state index is 12.3. The van der Waals surface area contributed by atoms with Gasteiger partial charge in [-0.25, -0.2) is 8.42 Å². The van der Waals surface area contributed by atoms with Crippen LogP contribution in [0.1, 0.15) is 12.5 Å². The van der Waals surface area contributed by atoms with Gasteiger partial charge in [-0.3, -0.25) is 9.69 Å². The first-order valence-electron chi connectivity index (χ1n) is 6.87. The second kappa shape index (κ2) is 8.11. The summed E-state index contributed by atoms with van der Waals surface area (Å²) in [4.78, 5) is 13.4. The van der Waals surface area contributed by atoms with Crippen molar-refractivity contribution in [1.82, 2.24) is 10.2 Å². The summed E-state index contributed by atoms with van der Waals surface area (Å²) in [5, 5.41) is 2.53. The van der Waals surface area contributed by atoms with Gasteiger partial charge in [-0.05, 0) is 24.2 Å². The summed E-state index contributed by atoms with van der Waals surface area (Å²) < 4.78 is 24.6. The lowest BCUT2D eigenvalue weighted by atomic mass is 10.2. The number of benzene rings is 1. The van der Waals surface area contributed by atoms with Crippen LogP contribution in [0.3, 0.4) is 0 Å². The number of nitrogens with two attached hydrogens (primary N) is 1. The molecule has 21 heavy (non-hydrogen) atoms. The SMILES string of the molecule is CCN(CCS(=O)(=O)c1cccc(CN)c1)CC(=O)NC. The second-order valence-electron chi connectivity index (χ2n) is 4.71. The molecular formula is C14H23N3O3S. The van der Waals surface area contributed by atoms with Gasteiger partial charge >= 0.3 is 0 Å². The topological polar surface area (TPSA) is 92.5 Å². The fourth-order valence-electron chi connectivity index (χ4n) is 1.86. The highest BCUT2D eigenvalue weighted by molar-refractivity contribution is 7.91. The molecule has 0 aliphatic heterocycles. The van der Waals surface area contributed by atoms with Crippen LogP contribution >= 0.6 is 0 Å². The first-order valence-corrected chi connectivity index (χ1v) is 8.53. The van der Waals surface area contributed by atoms with Crippen molar-refractivity contribution in [2.24, 2.45) is 5.73 Å². The minimum absolute atomic E-state index is 0.0220. The van der Waals surface area contributed by atoms with E-state index in [2.05, 4.69) is 5.32 Å². The molecule has 0 atom stereocenters. The van der Waals surface area contributed by atoms with Gasteiger partial charge in [-0.2, -0.15) is 0 Å². The van der Waals surface area contributed by atoms with Gasteiger partial charge in [0.05, 0.1) is 17.2 Å². The highest BCUT2D eigenvalue weighted by atomic mass is 32.2. The lowest BCUT2D eigenvalue weighted by Gasteiger charge is -2.19. The third-order valence-electron chi connectivity index (χ3n) is 3.26. The molecule has 1 aromatic rings. The molecule has 0 heterocycles. The molecule has 1 amide bonds. The molecule has 7 heteroatoms. The highest BCUT2D eigenvalue weighted by Gasteiger charge is 2.17. The van der Waals surface area contributed by atoms with Gasteiger partial charge in [-0.1, -0.05) is 19.1 Å². The summed E-state index contributed by atoms with van der Waals surface area (Å²) in [6.45, 7) is 3.34. The summed E-state index contributed by atoms with van der Waals surface area (Å²) in [6, 6.07) is 6.66. The zero-order valence-electron chi connectivity index (χ0n) is 12.5. The van der Waals surface area contributed by atoms with Crippen LogP contribution in [0.25, 0.3) is 0 Å². The maximum Gasteiger partial charge on any atom is 0.233 e. The fraction of sp³-hybridized carbons (Fsp3) is 0.500. The lowest BCUT2D eigenvalue weighted by molar-refractivity contribution is -0.121. The molecule has 0 radical (unpaired) electrons. The van der Waals surface area contributed by atoms with E-state index in [1.807, 2.05) is 6.92 Å². The van der Waals surface area contributed by atoms with E-state index in [9.17, 15) is 13.2 Å². The number of nitrogens with one attached hydrogen (secondary N) is 1. The smallest absolute Gasteiger partial charge is 0.233 e. The molecule has 6 nitrogen and oxygen atoms in total. The van der Waals surface area contributed by atoms with Gasteiger partial charge in [0.2, 0.25) is 5.91 Å². The molecule has 0 saturated carbocycles. The van der Waals surface area contributed by atoms with E-state index in [-0.39, 0.29) is 23.1 Å². The van der Waals surface area contributed by atoms with Crippen LogP contribution < -0.4 is 11.1 Å². The Morgan fingerprint density at radius 2 is 2.10 bits per heavy atom. The number of nitrogens with zero attached hydrogens (tertiary/aromatic N) is 1. The fourth-order valence-corrected chi connectivity index (χ4v) is 3.22. The normalized spacial score (nSPS) is 11.6. The van der Waals surface area contributed by atoms with E-state index in [1.54, 1.807) is 36.2 Å². The largest absolute Gasteiger partial charge is 0.358 e. The number of hydrogen-bond acceptors (Lipinski definition) is 5. The van der Waals surface area contributed by atoms with E-state index >= 15 is 0 Å². The van der Waals surface area contributed by atoms with Crippen molar-refractivity contribution in [1.29, 1.82) is 0 Å². The van der Waals surface area contributed by atoms with Gasteiger partial charge < -0.3 is 11.1 Å². The number of hydrogen-bond donors (Lipinski definition) is 2. The summed E-state index contributed by atoms with van der Waals surface area (Å²) in [5.41, 5.74) is 6.31. The average Bonchev–Trinajstić information content (AvgIpc) is 2.51. The summed E-state index contributed by atoms with van der Waals surface area (Å²) >= 11 is 0. The van der Waals surface area contributed by atoms with Gasteiger partial charge in [0.1, 0.15) is 0 Å². The summed E-state index contributed by atoms with van der Waals surface area (Å²) in [7, 11) is -1.81. The molecule has 0 aromatic heterocycles. The Balaban J connectivity index is 2.73. The number of likely N-dealkylation sites (N-methyl/N-ethyl adjacent to an activating group) is 2. The van der Waals surface area contributed by atoms with Crippen LogP contribution in [0.5, 0.6) is 0 Å². The first-order chi connectivity index (χ1) is 9.92. The van der Waals surface area contributed by atoms with Crippen molar-refractivity contribution >= 4 is 15.7 Å². The summed E-state index contributed by atoms with van der Waals surface area (Å²) in [6.07, 6.45) is 0. The van der Waals surface area contributed by atoms with Crippen LogP contribution in [0.4, 0.5) is 0 Å². The van der Waals surface area contributed by atoms with Crippen LogP contribution in [-0.4, -0.2) is 51.7 Å². The number of sulfone groups is 1. The minimum atomic E-state index is -3.37. The molecule has 0 aliphatic rings. The van der Waals surface area contributed by atoms with Crippen molar-refractivity contribution < 1.29 is 13.2 Å². The third-order valence-corrected chi connectivity index (χ3v) is 4.95. The molecule has 0 spiro atoms. The molecule has 3 N–H and O–H groups in total. The Kier molecular flexibility index (Phi) is 6.80. The molecular weight excluding hydrogens is 290 g/mol. The summed E-state index contributed by atoms with van der Waals surface area (Å²) in [5.74, 6) is -0.148. The van der Waals surface area contributed by atoms with Crippen molar-refractivity contribution in [2.75, 3.05) is 32.4 Å². The lowest BCUT2D eigenvalue weighted by Crippen LogP contribution is -2.38. The molecule has 0 fully saturated rings. The zero-order chi connectivity index (χ0) is 15.9. The molecule has 0 aliphatic carbocycles. The second-order valence-corrected chi connectivity index (χ2v) is 6.82. The van der Waals surface area contributed by atoms with Gasteiger partial charge in [0.15, 0.2) is 9.84 Å². The Morgan fingerprint density at radius 1 is 1.38 bits per heavy atom. The Bertz CT molecular complexity index is 573. The van der Waals surface area contributed by atoms with Gasteiger partial charge in [0, 0.05) is 20.1 Å². The molecule has 1 aromatic carbocycles. The molecule has 118 valence electrons. The minimum Gasteiger partial charge on any atom is -0.358 e. The van der Waals surface area contributed by atoms with Gasteiger partial charge in [-0.15, -0.1) is 0 Å². The molecule has 0 unspecified atom stereocenters. The Labute approximate surface area is 126 Å². The number of carbonyl (C=O) groups is 1. The van der Waals surface area contributed by atoms with Crippen molar-refractivity contribution in [3.63, 3.8) is 0 Å². The van der Waals surface area contributed by atoms with Crippen molar-refractivity contribution in [2.45, 2.75) is 18.4 Å². The number of rotatable bonds is 8. The molecule has 0 saturated heterocycles. The molecule has 0 bridgehead atoms. The van der Waals surface area contributed by atoms with Crippen molar-refractivity contribution in [3.8, 4) is 0 Å².